The number of benzene rings is 1. The van der Waals surface area contributed by atoms with Crippen LogP contribution >= 0.6 is 27.9 Å². The van der Waals surface area contributed by atoms with E-state index in [0.717, 1.165) is 4.47 Å². The molecule has 0 amide bonds. The molecule has 60 valence electrons. The molecule has 0 spiro atoms. The zero-order valence-electron chi connectivity index (χ0n) is 6.52. The number of halogens is 1. The van der Waals surface area contributed by atoms with Crippen LogP contribution in [-0.4, -0.2) is 6.26 Å². The Morgan fingerprint density at radius 3 is 2.73 bits per heavy atom. The average Bonchev–Trinajstić information content (AvgIpc) is 1.95. The van der Waals surface area contributed by atoms with Gasteiger partial charge >= 0.3 is 0 Å². The van der Waals surface area contributed by atoms with Crippen LogP contribution in [0, 0.1) is 6.92 Å². The third-order valence-corrected chi connectivity index (χ3v) is 2.32. The van der Waals surface area contributed by atoms with Gasteiger partial charge in [-0.1, -0.05) is 27.9 Å². The highest BCUT2D eigenvalue weighted by molar-refractivity contribution is 9.10. The molecule has 0 fully saturated rings. The summed E-state index contributed by atoms with van der Waals surface area (Å²) in [5, 5.41) is 0. The predicted octanol–water partition coefficient (Wildman–Crippen LogP) is 3.45. The number of nitrogens with one attached hydrogen (secondary N) is 1. The Kier molecular flexibility index (Phi) is 3.27. The molecule has 1 aromatic carbocycles. The number of hydrogen-bond acceptors (Lipinski definition) is 2. The molecule has 0 atom stereocenters. The molecule has 1 rings (SSSR count). The summed E-state index contributed by atoms with van der Waals surface area (Å²) in [7, 11) is 0. The number of aryl methyl sites for hydroxylation is 1. The summed E-state index contributed by atoms with van der Waals surface area (Å²) in [4.78, 5) is 0. The van der Waals surface area contributed by atoms with Gasteiger partial charge in [0.25, 0.3) is 0 Å². The second kappa shape index (κ2) is 4.02. The van der Waals surface area contributed by atoms with Crippen LogP contribution in [0.2, 0.25) is 0 Å². The molecule has 1 nitrogen and oxygen atoms in total. The van der Waals surface area contributed by atoms with Crippen LogP contribution in [0.15, 0.2) is 22.7 Å². The van der Waals surface area contributed by atoms with Crippen molar-refractivity contribution in [2.24, 2.45) is 0 Å². The Balaban J connectivity index is 2.90. The molecule has 1 N–H and O–H groups in total. The van der Waals surface area contributed by atoms with Crippen LogP contribution in [0.4, 0.5) is 5.69 Å². The molecule has 0 aromatic heterocycles. The van der Waals surface area contributed by atoms with Crippen molar-refractivity contribution in [2.45, 2.75) is 6.92 Å². The Morgan fingerprint density at radius 1 is 1.45 bits per heavy atom. The molecule has 0 aliphatic carbocycles. The Morgan fingerprint density at radius 2 is 2.18 bits per heavy atom. The first-order valence-corrected chi connectivity index (χ1v) is 5.31. The summed E-state index contributed by atoms with van der Waals surface area (Å²) in [5.74, 6) is 0. The van der Waals surface area contributed by atoms with E-state index in [9.17, 15) is 0 Å². The summed E-state index contributed by atoms with van der Waals surface area (Å²) in [6.45, 7) is 2.09. The molecule has 1 aromatic rings. The molecule has 0 unspecified atom stereocenters. The smallest absolute Gasteiger partial charge is 0.0470 e. The molecule has 0 heterocycles. The standard InChI is InChI=1S/C8H10BrNS/c1-6-5-7(9)3-4-8(6)10-11-2/h3-5,10H,1-2H3. The quantitative estimate of drug-likeness (QED) is 0.784. The maximum Gasteiger partial charge on any atom is 0.0470 e. The second-order valence-corrected chi connectivity index (χ2v) is 3.79. The van der Waals surface area contributed by atoms with Crippen LogP contribution in [0.1, 0.15) is 5.56 Å². The fourth-order valence-corrected chi connectivity index (χ4v) is 1.78. The number of anilines is 1. The molecular formula is C8H10BrNS. The van der Waals surface area contributed by atoms with Crippen molar-refractivity contribution < 1.29 is 0 Å². The maximum atomic E-state index is 3.41. The summed E-state index contributed by atoms with van der Waals surface area (Å²) >= 11 is 5.02. The first-order chi connectivity index (χ1) is 5.24. The molecule has 3 heteroatoms. The second-order valence-electron chi connectivity index (χ2n) is 2.27. The molecular weight excluding hydrogens is 222 g/mol. The van der Waals surface area contributed by atoms with Crippen molar-refractivity contribution in [3.63, 3.8) is 0 Å². The van der Waals surface area contributed by atoms with Crippen LogP contribution < -0.4 is 4.72 Å². The monoisotopic (exact) mass is 231 g/mol. The van der Waals surface area contributed by atoms with Gasteiger partial charge in [0.2, 0.25) is 0 Å². The maximum absolute atomic E-state index is 3.41. The van der Waals surface area contributed by atoms with Gasteiger partial charge in [-0.3, -0.25) is 0 Å². The highest BCUT2D eigenvalue weighted by Gasteiger charge is 1.95. The van der Waals surface area contributed by atoms with E-state index in [4.69, 9.17) is 0 Å². The zero-order chi connectivity index (χ0) is 8.27. The molecule has 11 heavy (non-hydrogen) atoms. The summed E-state index contributed by atoms with van der Waals surface area (Å²) in [6, 6.07) is 6.19. The lowest BCUT2D eigenvalue weighted by atomic mass is 10.2. The number of rotatable bonds is 2. The predicted molar refractivity (Wildman–Crippen MR) is 56.0 cm³/mol. The molecule has 0 aliphatic rings. The van der Waals surface area contributed by atoms with E-state index in [2.05, 4.69) is 39.7 Å². The summed E-state index contributed by atoms with van der Waals surface area (Å²) in [6.07, 6.45) is 2.02. The van der Waals surface area contributed by atoms with Crippen molar-refractivity contribution in [3.8, 4) is 0 Å². The van der Waals surface area contributed by atoms with Gasteiger partial charge in [-0.15, -0.1) is 0 Å². The normalized spacial score (nSPS) is 9.73. The Labute approximate surface area is 79.8 Å². The van der Waals surface area contributed by atoms with Gasteiger partial charge in [0.05, 0.1) is 0 Å². The van der Waals surface area contributed by atoms with Crippen LogP contribution in [0.3, 0.4) is 0 Å². The minimum Gasteiger partial charge on any atom is -0.330 e. The van der Waals surface area contributed by atoms with E-state index in [1.807, 2.05) is 12.3 Å². The van der Waals surface area contributed by atoms with Crippen molar-refractivity contribution in [1.29, 1.82) is 0 Å². The average molecular weight is 232 g/mol. The van der Waals surface area contributed by atoms with Crippen molar-refractivity contribution in [3.05, 3.63) is 28.2 Å². The van der Waals surface area contributed by atoms with Gasteiger partial charge in [0.15, 0.2) is 0 Å². The highest BCUT2D eigenvalue weighted by Crippen LogP contribution is 2.21. The zero-order valence-corrected chi connectivity index (χ0v) is 8.92. The lowest BCUT2D eigenvalue weighted by Crippen LogP contribution is -1.87. The van der Waals surface area contributed by atoms with Crippen LogP contribution in [-0.2, 0) is 0 Å². The lowest BCUT2D eigenvalue weighted by molar-refractivity contribution is 1.45. The van der Waals surface area contributed by atoms with E-state index in [1.165, 1.54) is 11.3 Å². The van der Waals surface area contributed by atoms with E-state index >= 15 is 0 Å². The largest absolute Gasteiger partial charge is 0.330 e. The van der Waals surface area contributed by atoms with E-state index < -0.39 is 0 Å². The van der Waals surface area contributed by atoms with Gasteiger partial charge in [-0.05, 0) is 30.7 Å². The fraction of sp³-hybridized carbons (Fsp3) is 0.250. The van der Waals surface area contributed by atoms with E-state index in [0.29, 0.717) is 0 Å². The van der Waals surface area contributed by atoms with Crippen LogP contribution in [0.25, 0.3) is 0 Å². The third kappa shape index (κ3) is 2.42. The van der Waals surface area contributed by atoms with Gasteiger partial charge in [0, 0.05) is 16.4 Å². The SMILES string of the molecule is CSNc1ccc(Br)cc1C. The van der Waals surface area contributed by atoms with Crippen molar-refractivity contribution in [1.82, 2.24) is 0 Å². The Bertz CT molecular complexity index is 250. The van der Waals surface area contributed by atoms with Gasteiger partial charge in [0.1, 0.15) is 0 Å². The first-order valence-electron chi connectivity index (χ1n) is 3.29. The first kappa shape index (κ1) is 8.94. The minimum atomic E-state index is 1.13. The molecule has 0 bridgehead atoms. The van der Waals surface area contributed by atoms with Gasteiger partial charge < -0.3 is 4.72 Å². The summed E-state index contributed by atoms with van der Waals surface area (Å²) < 4.78 is 4.33. The molecule has 0 saturated carbocycles. The summed E-state index contributed by atoms with van der Waals surface area (Å²) in [5.41, 5.74) is 2.44. The fourth-order valence-electron chi connectivity index (χ4n) is 0.852. The van der Waals surface area contributed by atoms with E-state index in [1.54, 1.807) is 11.9 Å². The van der Waals surface area contributed by atoms with Crippen molar-refractivity contribution in [2.75, 3.05) is 11.0 Å². The highest BCUT2D eigenvalue weighted by atomic mass is 79.9. The Hall–Kier alpha value is -0.150. The lowest BCUT2D eigenvalue weighted by Gasteiger charge is -2.05. The van der Waals surface area contributed by atoms with Crippen molar-refractivity contribution >= 4 is 33.6 Å². The molecule has 0 radical (unpaired) electrons. The third-order valence-electron chi connectivity index (χ3n) is 1.40. The minimum absolute atomic E-state index is 1.13. The van der Waals surface area contributed by atoms with Gasteiger partial charge in [-0.25, -0.2) is 0 Å². The van der Waals surface area contributed by atoms with Gasteiger partial charge in [-0.2, -0.15) is 0 Å². The molecule has 0 aliphatic heterocycles. The van der Waals surface area contributed by atoms with E-state index in [-0.39, 0.29) is 0 Å². The van der Waals surface area contributed by atoms with Crippen LogP contribution in [0.5, 0.6) is 0 Å². The molecule has 0 saturated heterocycles. The topological polar surface area (TPSA) is 12.0 Å². The number of hydrogen-bond donors (Lipinski definition) is 1.